The second-order valence-corrected chi connectivity index (χ2v) is 8.40. The standard InChI is InChI=1S/C19H27F3N4O.C4H4O4/c1-15-7-8-18(27)26(15)10-3-2-9-24-11-13-25(14-12-24)17-6-4-5-16(23-17)19(20,21)22;5-3(6)1-2-4(7)8/h4-6,15H,2-3,7-14H2,1H3;1-2H,(H,5,6)(H,7,8)/b;2-1+. The molecule has 3 rings (SSSR count). The highest BCUT2D eigenvalue weighted by Gasteiger charge is 2.33. The first-order valence-corrected chi connectivity index (χ1v) is 11.4. The van der Waals surface area contributed by atoms with E-state index in [-0.39, 0.29) is 5.91 Å². The molecule has 1 aromatic heterocycles. The quantitative estimate of drug-likeness (QED) is 0.414. The van der Waals surface area contributed by atoms with Crippen LogP contribution in [0.2, 0.25) is 0 Å². The lowest BCUT2D eigenvalue weighted by Crippen LogP contribution is -2.47. The number of carboxylic acid groups (broad SMARTS) is 2. The van der Waals surface area contributed by atoms with Gasteiger partial charge in [0.25, 0.3) is 0 Å². The van der Waals surface area contributed by atoms with Crippen LogP contribution in [0.4, 0.5) is 19.0 Å². The number of unbranched alkanes of at least 4 members (excludes halogenated alkanes) is 1. The van der Waals surface area contributed by atoms with Gasteiger partial charge in [0, 0.05) is 57.3 Å². The van der Waals surface area contributed by atoms with E-state index >= 15 is 0 Å². The molecule has 2 N–H and O–H groups in total. The van der Waals surface area contributed by atoms with Crippen molar-refractivity contribution in [2.45, 2.75) is 44.8 Å². The highest BCUT2D eigenvalue weighted by atomic mass is 19.4. The van der Waals surface area contributed by atoms with Crippen LogP contribution in [0.15, 0.2) is 30.4 Å². The molecule has 0 aliphatic carbocycles. The molecule has 12 heteroatoms. The van der Waals surface area contributed by atoms with Crippen LogP contribution in [-0.2, 0) is 20.6 Å². The summed E-state index contributed by atoms with van der Waals surface area (Å²) in [5.41, 5.74) is -0.840. The predicted octanol–water partition coefficient (Wildman–Crippen LogP) is 2.73. The lowest BCUT2D eigenvalue weighted by Gasteiger charge is -2.35. The normalized spacial score (nSPS) is 19.1. The number of halogens is 3. The van der Waals surface area contributed by atoms with Gasteiger partial charge in [-0.1, -0.05) is 6.07 Å². The smallest absolute Gasteiger partial charge is 0.433 e. The summed E-state index contributed by atoms with van der Waals surface area (Å²) in [5, 5.41) is 15.6. The number of alkyl halides is 3. The highest BCUT2D eigenvalue weighted by Crippen LogP contribution is 2.29. The molecule has 2 saturated heterocycles. The van der Waals surface area contributed by atoms with Crippen LogP contribution < -0.4 is 4.90 Å². The second-order valence-electron chi connectivity index (χ2n) is 8.40. The van der Waals surface area contributed by atoms with Gasteiger partial charge in [-0.3, -0.25) is 9.69 Å². The van der Waals surface area contributed by atoms with Crippen molar-refractivity contribution < 1.29 is 37.8 Å². The predicted molar refractivity (Wildman–Crippen MR) is 122 cm³/mol. The molecule has 1 unspecified atom stereocenters. The van der Waals surface area contributed by atoms with E-state index in [0.29, 0.717) is 43.5 Å². The first-order valence-electron chi connectivity index (χ1n) is 11.4. The first-order chi connectivity index (χ1) is 16.5. The Kier molecular flexibility index (Phi) is 10.5. The third-order valence-corrected chi connectivity index (χ3v) is 5.84. The number of rotatable bonds is 8. The lowest BCUT2D eigenvalue weighted by atomic mass is 10.2. The second kappa shape index (κ2) is 13.1. The fourth-order valence-electron chi connectivity index (χ4n) is 3.94. The zero-order chi connectivity index (χ0) is 26.0. The number of aromatic nitrogens is 1. The molecule has 1 amide bonds. The van der Waals surface area contributed by atoms with Crippen LogP contribution in [0.3, 0.4) is 0 Å². The molecule has 2 aliphatic heterocycles. The zero-order valence-corrected chi connectivity index (χ0v) is 19.6. The summed E-state index contributed by atoms with van der Waals surface area (Å²) >= 11 is 0. The molecule has 0 saturated carbocycles. The Morgan fingerprint density at radius 1 is 1.06 bits per heavy atom. The SMILES string of the molecule is CC1CCC(=O)N1CCCCN1CCN(c2cccc(C(F)(F)F)n2)CC1.O=C(O)/C=C/C(=O)O. The van der Waals surface area contributed by atoms with E-state index in [2.05, 4.69) is 16.8 Å². The van der Waals surface area contributed by atoms with Gasteiger partial charge in [0.2, 0.25) is 5.91 Å². The molecule has 2 fully saturated rings. The van der Waals surface area contributed by atoms with Gasteiger partial charge in [0.15, 0.2) is 0 Å². The fourth-order valence-corrected chi connectivity index (χ4v) is 3.94. The summed E-state index contributed by atoms with van der Waals surface area (Å²) in [6, 6.07) is 4.42. The van der Waals surface area contributed by atoms with Crippen molar-refractivity contribution in [1.82, 2.24) is 14.8 Å². The van der Waals surface area contributed by atoms with Gasteiger partial charge in [-0.2, -0.15) is 13.2 Å². The number of likely N-dealkylation sites (tertiary alicyclic amines) is 1. The average Bonchev–Trinajstić information content (AvgIpc) is 3.13. The van der Waals surface area contributed by atoms with Gasteiger partial charge in [0.1, 0.15) is 11.5 Å². The fraction of sp³-hybridized carbons (Fsp3) is 0.565. The molecule has 3 heterocycles. The molecule has 1 aromatic rings. The van der Waals surface area contributed by atoms with Crippen molar-refractivity contribution in [3.8, 4) is 0 Å². The summed E-state index contributed by atoms with van der Waals surface area (Å²) in [6.45, 7) is 6.88. The van der Waals surface area contributed by atoms with E-state index in [4.69, 9.17) is 10.2 Å². The Labute approximate surface area is 201 Å². The average molecular weight is 501 g/mol. The molecule has 2 aliphatic rings. The van der Waals surface area contributed by atoms with Crippen molar-refractivity contribution in [2.75, 3.05) is 44.2 Å². The molecular weight excluding hydrogens is 469 g/mol. The van der Waals surface area contributed by atoms with Crippen molar-refractivity contribution >= 4 is 23.7 Å². The maximum atomic E-state index is 12.8. The van der Waals surface area contributed by atoms with Crippen molar-refractivity contribution in [3.05, 3.63) is 36.0 Å². The minimum Gasteiger partial charge on any atom is -0.478 e. The third-order valence-electron chi connectivity index (χ3n) is 5.84. The summed E-state index contributed by atoms with van der Waals surface area (Å²) < 4.78 is 38.5. The topological polar surface area (TPSA) is 114 Å². The van der Waals surface area contributed by atoms with Gasteiger partial charge < -0.3 is 20.0 Å². The molecule has 0 bridgehead atoms. The number of hydrogen-bond acceptors (Lipinski definition) is 6. The molecule has 35 heavy (non-hydrogen) atoms. The van der Waals surface area contributed by atoms with Crippen molar-refractivity contribution in [1.29, 1.82) is 0 Å². The van der Waals surface area contributed by atoms with E-state index in [1.165, 1.54) is 6.07 Å². The number of piperazine rings is 1. The Hall–Kier alpha value is -3.15. The van der Waals surface area contributed by atoms with Gasteiger partial charge in [-0.15, -0.1) is 0 Å². The number of amides is 1. The van der Waals surface area contributed by atoms with Gasteiger partial charge in [0.05, 0.1) is 0 Å². The maximum absolute atomic E-state index is 12.8. The Bertz CT molecular complexity index is 885. The van der Waals surface area contributed by atoms with Crippen LogP contribution in [-0.4, -0.2) is 88.2 Å². The molecule has 1 atom stereocenters. The molecule has 0 aromatic carbocycles. The number of aliphatic carboxylic acids is 2. The zero-order valence-electron chi connectivity index (χ0n) is 19.6. The monoisotopic (exact) mass is 500 g/mol. The minimum absolute atomic E-state index is 0.268. The summed E-state index contributed by atoms with van der Waals surface area (Å²) in [7, 11) is 0. The molecule has 9 nitrogen and oxygen atoms in total. The van der Waals surface area contributed by atoms with Crippen LogP contribution in [0.5, 0.6) is 0 Å². The highest BCUT2D eigenvalue weighted by molar-refractivity contribution is 5.89. The molecule has 0 spiro atoms. The van der Waals surface area contributed by atoms with E-state index in [9.17, 15) is 27.6 Å². The van der Waals surface area contributed by atoms with E-state index in [0.717, 1.165) is 51.5 Å². The largest absolute Gasteiger partial charge is 0.478 e. The van der Waals surface area contributed by atoms with Crippen LogP contribution in [0.25, 0.3) is 0 Å². The molecule has 0 radical (unpaired) electrons. The van der Waals surface area contributed by atoms with Gasteiger partial charge >= 0.3 is 18.1 Å². The van der Waals surface area contributed by atoms with Gasteiger partial charge in [-0.05, 0) is 44.9 Å². The summed E-state index contributed by atoms with van der Waals surface area (Å²) in [5.74, 6) is -1.85. The number of hydrogen-bond donors (Lipinski definition) is 2. The van der Waals surface area contributed by atoms with E-state index in [1.54, 1.807) is 6.07 Å². The summed E-state index contributed by atoms with van der Waals surface area (Å²) in [4.78, 5) is 40.9. The van der Waals surface area contributed by atoms with Crippen LogP contribution in [0.1, 0.15) is 38.3 Å². The van der Waals surface area contributed by atoms with E-state index in [1.807, 2.05) is 9.80 Å². The third kappa shape index (κ3) is 9.55. The number of carbonyl (C=O) groups is 3. The lowest BCUT2D eigenvalue weighted by molar-refractivity contribution is -0.141. The summed E-state index contributed by atoms with van der Waals surface area (Å²) in [6.07, 6.45) is 0.359. The van der Waals surface area contributed by atoms with E-state index < -0.39 is 23.8 Å². The first kappa shape index (κ1) is 28.1. The number of pyridine rings is 1. The van der Waals surface area contributed by atoms with Crippen molar-refractivity contribution in [3.63, 3.8) is 0 Å². The molecular formula is C23H31F3N4O5. The Morgan fingerprint density at radius 3 is 2.17 bits per heavy atom. The van der Waals surface area contributed by atoms with Crippen molar-refractivity contribution in [2.24, 2.45) is 0 Å². The molecule has 194 valence electrons. The van der Waals surface area contributed by atoms with Crippen LogP contribution in [0, 0.1) is 0 Å². The maximum Gasteiger partial charge on any atom is 0.433 e. The number of anilines is 1. The minimum atomic E-state index is -4.41. The van der Waals surface area contributed by atoms with Crippen LogP contribution >= 0.6 is 0 Å². The Balaban J connectivity index is 0.000000466. The number of nitrogens with zero attached hydrogens (tertiary/aromatic N) is 4. The van der Waals surface area contributed by atoms with Gasteiger partial charge in [-0.25, -0.2) is 14.6 Å². The number of carboxylic acids is 2. The Morgan fingerprint density at radius 2 is 1.66 bits per heavy atom. The number of carbonyl (C=O) groups excluding carboxylic acids is 1.